The summed E-state index contributed by atoms with van der Waals surface area (Å²) in [5, 5.41) is 8.67. The number of carbonyl (C=O) groups is 1. The number of carbonyl (C=O) groups excluding carboxylic acids is 1. The summed E-state index contributed by atoms with van der Waals surface area (Å²) in [4.78, 5) is 15.7. The first kappa shape index (κ1) is 26.4. The van der Waals surface area contributed by atoms with Crippen LogP contribution in [-0.2, 0) is 9.68 Å². The van der Waals surface area contributed by atoms with Gasteiger partial charge >= 0.3 is 5.97 Å². The van der Waals surface area contributed by atoms with Gasteiger partial charge in [-0.15, -0.1) is 0 Å². The van der Waals surface area contributed by atoms with Gasteiger partial charge < -0.3 is 4.89 Å². The first-order valence-electron chi connectivity index (χ1n) is 12.1. The molecule has 0 rings (SSSR count). The van der Waals surface area contributed by atoms with Gasteiger partial charge in [-0.25, -0.2) is 4.79 Å². The molecule has 1 unspecified atom stereocenters. The van der Waals surface area contributed by atoms with E-state index in [0.29, 0.717) is 0 Å². The summed E-state index contributed by atoms with van der Waals surface area (Å²) < 4.78 is 0. The molecule has 162 valence electrons. The highest BCUT2D eigenvalue weighted by Gasteiger charge is 2.19. The van der Waals surface area contributed by atoms with Gasteiger partial charge in [0.2, 0.25) is 0 Å². The molecule has 1 atom stereocenters. The third-order valence-corrected chi connectivity index (χ3v) is 5.74. The average molecular weight is 385 g/mol. The topological polar surface area (TPSA) is 46.5 Å². The maximum Gasteiger partial charge on any atom is 0.345 e. The zero-order chi connectivity index (χ0) is 20.0. The first-order chi connectivity index (χ1) is 13.3. The number of unbranched alkanes of at least 4 members (excludes halogenated alkanes) is 16. The van der Waals surface area contributed by atoms with Gasteiger partial charge in [0.05, 0.1) is 5.92 Å². The van der Waals surface area contributed by atoms with Crippen LogP contribution in [0, 0.1) is 5.92 Å². The van der Waals surface area contributed by atoms with Crippen molar-refractivity contribution in [3.63, 3.8) is 0 Å². The molecular weight excluding hydrogens is 336 g/mol. The van der Waals surface area contributed by atoms with E-state index in [9.17, 15) is 4.79 Å². The standard InChI is InChI=1S/C24H48O3/c1-3-5-7-9-10-11-12-13-14-15-16-17-18-20-22-23(24(25)27-26)21-19-8-6-4-2/h23,26H,3-22H2,1-2H3. The quantitative estimate of drug-likeness (QED) is 0.123. The summed E-state index contributed by atoms with van der Waals surface area (Å²) in [6, 6.07) is 0. The normalized spacial score (nSPS) is 12.3. The van der Waals surface area contributed by atoms with Crippen LogP contribution in [0.5, 0.6) is 0 Å². The average Bonchev–Trinajstić information content (AvgIpc) is 2.69. The molecule has 0 aromatic heterocycles. The Morgan fingerprint density at radius 1 is 0.593 bits per heavy atom. The van der Waals surface area contributed by atoms with Crippen LogP contribution in [0.3, 0.4) is 0 Å². The van der Waals surface area contributed by atoms with Gasteiger partial charge in [-0.05, 0) is 12.8 Å². The lowest BCUT2D eigenvalue weighted by molar-refractivity contribution is -0.239. The smallest absolute Gasteiger partial charge is 0.301 e. The molecule has 0 aromatic carbocycles. The second-order valence-electron chi connectivity index (χ2n) is 8.34. The van der Waals surface area contributed by atoms with Gasteiger partial charge in [-0.1, -0.05) is 129 Å². The molecule has 0 bridgehead atoms. The summed E-state index contributed by atoms with van der Waals surface area (Å²) in [5.41, 5.74) is 0. The van der Waals surface area contributed by atoms with Crippen molar-refractivity contribution >= 4 is 5.97 Å². The van der Waals surface area contributed by atoms with Crippen LogP contribution in [-0.4, -0.2) is 11.2 Å². The molecule has 1 N–H and O–H groups in total. The lowest BCUT2D eigenvalue weighted by Crippen LogP contribution is -2.16. The van der Waals surface area contributed by atoms with E-state index in [4.69, 9.17) is 5.26 Å². The van der Waals surface area contributed by atoms with Gasteiger partial charge in [0.15, 0.2) is 0 Å². The van der Waals surface area contributed by atoms with E-state index < -0.39 is 5.97 Å². The van der Waals surface area contributed by atoms with E-state index >= 15 is 0 Å². The Hall–Kier alpha value is -0.570. The van der Waals surface area contributed by atoms with Crippen molar-refractivity contribution < 1.29 is 14.9 Å². The monoisotopic (exact) mass is 384 g/mol. The Kier molecular flexibility index (Phi) is 21.3. The minimum Gasteiger partial charge on any atom is -0.301 e. The summed E-state index contributed by atoms with van der Waals surface area (Å²) in [5.74, 6) is -0.537. The van der Waals surface area contributed by atoms with Gasteiger partial charge in [0.1, 0.15) is 0 Å². The predicted molar refractivity (Wildman–Crippen MR) is 116 cm³/mol. The van der Waals surface area contributed by atoms with Crippen molar-refractivity contribution in [2.24, 2.45) is 5.92 Å². The van der Waals surface area contributed by atoms with Crippen molar-refractivity contribution in [3.05, 3.63) is 0 Å². The van der Waals surface area contributed by atoms with Gasteiger partial charge in [0.25, 0.3) is 0 Å². The Morgan fingerprint density at radius 2 is 0.889 bits per heavy atom. The molecule has 27 heavy (non-hydrogen) atoms. The van der Waals surface area contributed by atoms with Crippen molar-refractivity contribution in [3.8, 4) is 0 Å². The van der Waals surface area contributed by atoms with E-state index in [1.807, 2.05) is 0 Å². The molecule has 0 spiro atoms. The molecule has 0 saturated carbocycles. The van der Waals surface area contributed by atoms with Crippen molar-refractivity contribution in [1.29, 1.82) is 0 Å². The van der Waals surface area contributed by atoms with Crippen molar-refractivity contribution in [2.45, 2.75) is 142 Å². The zero-order valence-electron chi connectivity index (χ0n) is 18.5. The van der Waals surface area contributed by atoms with Crippen LogP contribution in [0.15, 0.2) is 0 Å². The molecule has 0 aliphatic rings. The van der Waals surface area contributed by atoms with E-state index in [1.165, 1.54) is 103 Å². The minimum absolute atomic E-state index is 0.107. The largest absolute Gasteiger partial charge is 0.345 e. The highest BCUT2D eigenvalue weighted by atomic mass is 17.1. The molecule has 3 heteroatoms. The van der Waals surface area contributed by atoms with Crippen LogP contribution in [0.2, 0.25) is 0 Å². The van der Waals surface area contributed by atoms with Gasteiger partial charge in [0, 0.05) is 0 Å². The SMILES string of the molecule is CCCCCCCCCCCCCCCCC(CCCCCC)C(=O)OO. The van der Waals surface area contributed by atoms with Crippen LogP contribution in [0.4, 0.5) is 0 Å². The van der Waals surface area contributed by atoms with Crippen LogP contribution >= 0.6 is 0 Å². The summed E-state index contributed by atoms with van der Waals surface area (Å²) in [6.07, 6.45) is 25.2. The van der Waals surface area contributed by atoms with Crippen molar-refractivity contribution in [1.82, 2.24) is 0 Å². The van der Waals surface area contributed by atoms with Gasteiger partial charge in [-0.3, -0.25) is 0 Å². The fourth-order valence-electron chi connectivity index (χ4n) is 3.86. The van der Waals surface area contributed by atoms with E-state index in [1.54, 1.807) is 0 Å². The maximum absolute atomic E-state index is 11.7. The molecular formula is C24H48O3. The fourth-order valence-corrected chi connectivity index (χ4v) is 3.86. The third-order valence-electron chi connectivity index (χ3n) is 5.74. The lowest BCUT2D eigenvalue weighted by Gasteiger charge is -2.13. The Balaban J connectivity index is 3.44. The molecule has 0 saturated heterocycles. The van der Waals surface area contributed by atoms with Crippen LogP contribution < -0.4 is 0 Å². The first-order valence-corrected chi connectivity index (χ1v) is 12.1. The molecule has 0 fully saturated rings. The minimum atomic E-state index is -0.429. The summed E-state index contributed by atoms with van der Waals surface area (Å²) >= 11 is 0. The maximum atomic E-state index is 11.7. The van der Waals surface area contributed by atoms with E-state index in [0.717, 1.165) is 25.7 Å². The second kappa shape index (κ2) is 21.7. The number of rotatable bonds is 21. The van der Waals surface area contributed by atoms with Gasteiger partial charge in [-0.2, -0.15) is 5.26 Å². The second-order valence-corrected chi connectivity index (χ2v) is 8.34. The highest BCUT2D eigenvalue weighted by molar-refractivity contribution is 5.71. The Labute approximate surface area is 169 Å². The molecule has 0 aliphatic carbocycles. The number of hydrogen-bond donors (Lipinski definition) is 1. The molecule has 0 heterocycles. The lowest BCUT2D eigenvalue weighted by atomic mass is 9.94. The summed E-state index contributed by atoms with van der Waals surface area (Å²) in [7, 11) is 0. The summed E-state index contributed by atoms with van der Waals surface area (Å²) in [6.45, 7) is 4.46. The Morgan fingerprint density at radius 3 is 1.22 bits per heavy atom. The van der Waals surface area contributed by atoms with Crippen LogP contribution in [0.25, 0.3) is 0 Å². The molecule has 0 aromatic rings. The molecule has 0 aliphatic heterocycles. The van der Waals surface area contributed by atoms with Crippen molar-refractivity contribution in [2.75, 3.05) is 0 Å². The fraction of sp³-hybridized carbons (Fsp3) is 0.958. The van der Waals surface area contributed by atoms with Crippen LogP contribution in [0.1, 0.15) is 142 Å². The zero-order valence-corrected chi connectivity index (χ0v) is 18.5. The Bertz CT molecular complexity index is 304. The molecule has 3 nitrogen and oxygen atoms in total. The molecule has 0 amide bonds. The van der Waals surface area contributed by atoms with E-state index in [-0.39, 0.29) is 5.92 Å². The van der Waals surface area contributed by atoms with E-state index in [2.05, 4.69) is 18.7 Å². The number of hydrogen-bond acceptors (Lipinski definition) is 3. The predicted octanol–water partition coefficient (Wildman–Crippen LogP) is 8.46. The highest BCUT2D eigenvalue weighted by Crippen LogP contribution is 2.20. The molecule has 0 radical (unpaired) electrons. The third kappa shape index (κ3) is 18.6.